The van der Waals surface area contributed by atoms with E-state index >= 15 is 0 Å². The van der Waals surface area contributed by atoms with Crippen molar-refractivity contribution in [1.82, 2.24) is 5.32 Å². The summed E-state index contributed by atoms with van der Waals surface area (Å²) in [7, 11) is -4.41. The zero-order chi connectivity index (χ0) is 24.3. The third-order valence-electron chi connectivity index (χ3n) is 7.65. The Morgan fingerprint density at radius 1 is 1.00 bits per heavy atom. The van der Waals surface area contributed by atoms with Gasteiger partial charge in [0.1, 0.15) is 16.5 Å². The molecular formula is C24H25F2N3O4S. The van der Waals surface area contributed by atoms with Crippen molar-refractivity contribution in [3.8, 4) is 0 Å². The van der Waals surface area contributed by atoms with Crippen LogP contribution in [-0.2, 0) is 14.8 Å². The van der Waals surface area contributed by atoms with Crippen LogP contribution in [0.15, 0.2) is 47.4 Å². The number of hydrogen-bond donors (Lipinski definition) is 3. The van der Waals surface area contributed by atoms with Gasteiger partial charge in [-0.1, -0.05) is 6.07 Å². The van der Waals surface area contributed by atoms with Crippen molar-refractivity contribution < 1.29 is 26.8 Å². The molecule has 4 bridgehead atoms. The Hall–Kier alpha value is -3.01. The molecule has 180 valence electrons. The Morgan fingerprint density at radius 2 is 1.71 bits per heavy atom. The quantitative estimate of drug-likeness (QED) is 0.578. The summed E-state index contributed by atoms with van der Waals surface area (Å²) in [6, 6.07) is 7.92. The summed E-state index contributed by atoms with van der Waals surface area (Å²) in [6.45, 7) is 0. The molecule has 0 aliphatic heterocycles. The number of primary amides is 1. The highest BCUT2D eigenvalue weighted by atomic mass is 32.2. The maximum absolute atomic E-state index is 14.0. The largest absolute Gasteiger partial charge is 0.369 e. The van der Waals surface area contributed by atoms with Gasteiger partial charge in [0, 0.05) is 22.7 Å². The van der Waals surface area contributed by atoms with Crippen LogP contribution in [0.3, 0.4) is 0 Å². The minimum atomic E-state index is -4.41. The summed E-state index contributed by atoms with van der Waals surface area (Å²) < 4.78 is 54.8. The standard InChI is InChI=1S/C24H25F2N3O4S/c25-17-4-5-19(26)20(9-17)34(32,33)29-18-3-1-2-14(8-18)22(30)28-21-15-6-13-7-16(21)12-24(10-13,11-15)23(27)31/h1-5,8-9,13,15-16,21,29H,6-7,10-12H2,(H2,27,31)(H,28,30). The van der Waals surface area contributed by atoms with Gasteiger partial charge in [-0.2, -0.15) is 0 Å². The highest BCUT2D eigenvalue weighted by molar-refractivity contribution is 7.92. The number of halogens is 2. The smallest absolute Gasteiger partial charge is 0.264 e. The lowest BCUT2D eigenvalue weighted by atomic mass is 9.47. The average Bonchev–Trinajstić information content (AvgIpc) is 2.77. The summed E-state index contributed by atoms with van der Waals surface area (Å²) >= 11 is 0. The number of nitrogens with two attached hydrogens (primary N) is 1. The summed E-state index contributed by atoms with van der Waals surface area (Å²) in [5, 5.41) is 3.09. The fraction of sp³-hybridized carbons (Fsp3) is 0.417. The molecule has 0 spiro atoms. The van der Waals surface area contributed by atoms with Crippen molar-refractivity contribution >= 4 is 27.5 Å². The van der Waals surface area contributed by atoms with Crippen molar-refractivity contribution in [2.75, 3.05) is 4.72 Å². The Balaban J connectivity index is 1.32. The molecule has 2 unspecified atom stereocenters. The van der Waals surface area contributed by atoms with E-state index in [9.17, 15) is 26.8 Å². The number of sulfonamides is 1. The van der Waals surface area contributed by atoms with E-state index in [1.807, 2.05) is 0 Å². The lowest BCUT2D eigenvalue weighted by Gasteiger charge is -2.58. The maximum atomic E-state index is 14.0. The van der Waals surface area contributed by atoms with Crippen LogP contribution < -0.4 is 15.8 Å². The summed E-state index contributed by atoms with van der Waals surface area (Å²) in [5.41, 5.74) is 5.56. The van der Waals surface area contributed by atoms with E-state index in [1.54, 1.807) is 6.07 Å². The van der Waals surface area contributed by atoms with Crippen LogP contribution in [-0.4, -0.2) is 26.3 Å². The number of anilines is 1. The molecule has 2 aromatic carbocycles. The number of carbonyl (C=O) groups is 2. The highest BCUT2D eigenvalue weighted by Crippen LogP contribution is 2.59. The van der Waals surface area contributed by atoms with Crippen LogP contribution in [0.4, 0.5) is 14.5 Å². The van der Waals surface area contributed by atoms with Crippen LogP contribution >= 0.6 is 0 Å². The third kappa shape index (κ3) is 3.93. The van der Waals surface area contributed by atoms with Gasteiger partial charge < -0.3 is 11.1 Å². The van der Waals surface area contributed by atoms with Crippen LogP contribution in [0.2, 0.25) is 0 Å². The van der Waals surface area contributed by atoms with Gasteiger partial charge in [0.2, 0.25) is 5.91 Å². The molecule has 2 aromatic rings. The number of rotatable bonds is 6. The van der Waals surface area contributed by atoms with Gasteiger partial charge in [-0.15, -0.1) is 0 Å². The van der Waals surface area contributed by atoms with Crippen LogP contribution in [0.1, 0.15) is 42.5 Å². The summed E-state index contributed by atoms with van der Waals surface area (Å²) in [4.78, 5) is 24.4. The van der Waals surface area contributed by atoms with Crippen molar-refractivity contribution in [2.24, 2.45) is 28.9 Å². The lowest BCUT2D eigenvalue weighted by molar-refractivity contribution is -0.145. The van der Waals surface area contributed by atoms with Crippen molar-refractivity contribution in [3.05, 3.63) is 59.7 Å². The molecule has 2 atom stereocenters. The molecule has 7 nitrogen and oxygen atoms in total. The molecule has 0 radical (unpaired) electrons. The van der Waals surface area contributed by atoms with Gasteiger partial charge >= 0.3 is 0 Å². The first-order chi connectivity index (χ1) is 16.1. The first-order valence-corrected chi connectivity index (χ1v) is 12.7. The molecule has 4 saturated carbocycles. The summed E-state index contributed by atoms with van der Waals surface area (Å²) in [6.07, 6.45) is 4.10. The first-order valence-electron chi connectivity index (χ1n) is 11.2. The molecule has 0 aromatic heterocycles. The topological polar surface area (TPSA) is 118 Å². The number of carbonyl (C=O) groups excluding carboxylic acids is 2. The van der Waals surface area contributed by atoms with E-state index < -0.39 is 32.0 Å². The minimum Gasteiger partial charge on any atom is -0.369 e. The van der Waals surface area contributed by atoms with Gasteiger partial charge in [-0.3, -0.25) is 14.3 Å². The molecule has 4 N–H and O–H groups in total. The molecule has 6 rings (SSSR count). The zero-order valence-corrected chi connectivity index (χ0v) is 19.1. The van der Waals surface area contributed by atoms with Crippen LogP contribution in [0, 0.1) is 34.8 Å². The molecule has 2 amide bonds. The fourth-order valence-corrected chi connectivity index (χ4v) is 7.55. The molecule has 4 aliphatic carbocycles. The van der Waals surface area contributed by atoms with Crippen LogP contribution in [0.5, 0.6) is 0 Å². The Morgan fingerprint density at radius 3 is 2.38 bits per heavy atom. The van der Waals surface area contributed by atoms with E-state index in [4.69, 9.17) is 5.73 Å². The van der Waals surface area contributed by atoms with Crippen molar-refractivity contribution in [3.63, 3.8) is 0 Å². The number of benzene rings is 2. The number of amides is 2. The highest BCUT2D eigenvalue weighted by Gasteiger charge is 2.58. The predicted molar refractivity (Wildman–Crippen MR) is 120 cm³/mol. The molecular weight excluding hydrogens is 464 g/mol. The van der Waals surface area contributed by atoms with Crippen LogP contribution in [0.25, 0.3) is 0 Å². The zero-order valence-electron chi connectivity index (χ0n) is 18.3. The molecule has 34 heavy (non-hydrogen) atoms. The Kier molecular flexibility index (Phi) is 5.38. The average molecular weight is 490 g/mol. The first kappa shape index (κ1) is 22.8. The molecule has 0 saturated heterocycles. The Bertz CT molecular complexity index is 1270. The number of hydrogen-bond acceptors (Lipinski definition) is 4. The monoisotopic (exact) mass is 489 g/mol. The van der Waals surface area contributed by atoms with E-state index in [0.717, 1.165) is 31.4 Å². The second-order valence-corrected chi connectivity index (χ2v) is 11.5. The maximum Gasteiger partial charge on any atom is 0.264 e. The molecule has 4 aliphatic rings. The SMILES string of the molecule is NC(=O)C12CC3CC(C1)C(NC(=O)c1cccc(NS(=O)(=O)c4cc(F)ccc4F)c1)C(C3)C2. The molecule has 0 heterocycles. The molecule has 4 fully saturated rings. The van der Waals surface area contributed by atoms with E-state index in [0.29, 0.717) is 24.8 Å². The van der Waals surface area contributed by atoms with E-state index in [-0.39, 0.29) is 40.9 Å². The minimum absolute atomic E-state index is 0.0501. The number of nitrogens with one attached hydrogen (secondary N) is 2. The fourth-order valence-electron chi connectivity index (χ4n) is 6.41. The lowest BCUT2D eigenvalue weighted by Crippen LogP contribution is -2.62. The normalized spacial score (nSPS) is 29.6. The van der Waals surface area contributed by atoms with E-state index in [2.05, 4.69) is 10.0 Å². The van der Waals surface area contributed by atoms with Gasteiger partial charge in [0.15, 0.2) is 0 Å². The van der Waals surface area contributed by atoms with Crippen molar-refractivity contribution in [2.45, 2.75) is 43.0 Å². The van der Waals surface area contributed by atoms with Gasteiger partial charge in [-0.05, 0) is 86.3 Å². The second-order valence-electron chi connectivity index (χ2n) is 9.87. The third-order valence-corrected chi connectivity index (χ3v) is 9.05. The van der Waals surface area contributed by atoms with Gasteiger partial charge in [-0.25, -0.2) is 17.2 Å². The summed E-state index contributed by atoms with van der Waals surface area (Å²) in [5.74, 6) is -1.75. The predicted octanol–water partition coefficient (Wildman–Crippen LogP) is 3.18. The van der Waals surface area contributed by atoms with Gasteiger partial charge in [0.25, 0.3) is 15.9 Å². The second kappa shape index (κ2) is 8.04. The molecule has 10 heteroatoms. The van der Waals surface area contributed by atoms with Gasteiger partial charge in [0.05, 0.1) is 0 Å². The van der Waals surface area contributed by atoms with E-state index in [1.165, 1.54) is 18.2 Å². The van der Waals surface area contributed by atoms with Crippen molar-refractivity contribution in [1.29, 1.82) is 0 Å². The Labute approximate surface area is 196 Å².